The Morgan fingerprint density at radius 2 is 2.00 bits per heavy atom. The Labute approximate surface area is 140 Å². The van der Waals surface area contributed by atoms with E-state index in [1.807, 2.05) is 0 Å². The lowest BCUT2D eigenvalue weighted by molar-refractivity contribution is 0.398. The van der Waals surface area contributed by atoms with E-state index >= 15 is 0 Å². The summed E-state index contributed by atoms with van der Waals surface area (Å²) in [4.78, 5) is 0.192. The predicted octanol–water partition coefficient (Wildman–Crippen LogP) is 2.43. The van der Waals surface area contributed by atoms with E-state index in [1.54, 1.807) is 12.1 Å². The second kappa shape index (κ2) is 7.28. The van der Waals surface area contributed by atoms with Gasteiger partial charge >= 0.3 is 0 Å². The van der Waals surface area contributed by atoms with Crippen LogP contribution in [-0.2, 0) is 10.0 Å². The fourth-order valence-corrected chi connectivity index (χ4v) is 4.44. The lowest BCUT2D eigenvalue weighted by Crippen LogP contribution is -2.51. The van der Waals surface area contributed by atoms with Crippen molar-refractivity contribution in [3.05, 3.63) is 22.7 Å². The van der Waals surface area contributed by atoms with Crippen molar-refractivity contribution < 1.29 is 13.2 Å². The number of nitrogens with one attached hydrogen (secondary N) is 1. The normalized spacial score (nSPS) is 17.3. The molecule has 8 heteroatoms. The third kappa shape index (κ3) is 4.10. The van der Waals surface area contributed by atoms with E-state index in [9.17, 15) is 8.42 Å². The minimum absolute atomic E-state index is 0. The van der Waals surface area contributed by atoms with Crippen molar-refractivity contribution in [3.8, 4) is 5.75 Å². The number of rotatable bonds is 5. The topological polar surface area (TPSA) is 81.4 Å². The molecule has 0 unspecified atom stereocenters. The molecule has 0 bridgehead atoms. The molecule has 0 atom stereocenters. The number of nitrogens with two attached hydrogens (primary N) is 1. The molecule has 0 spiro atoms. The van der Waals surface area contributed by atoms with Crippen molar-refractivity contribution in [1.29, 1.82) is 0 Å². The second-order valence-corrected chi connectivity index (χ2v) is 7.63. The van der Waals surface area contributed by atoms with Gasteiger partial charge in [0.15, 0.2) is 0 Å². The van der Waals surface area contributed by atoms with E-state index in [-0.39, 0.29) is 17.3 Å². The Balaban J connectivity index is 0.00000220. The zero-order valence-electron chi connectivity index (χ0n) is 11.8. The van der Waals surface area contributed by atoms with Gasteiger partial charge in [0.2, 0.25) is 10.0 Å². The summed E-state index contributed by atoms with van der Waals surface area (Å²) < 4.78 is 33.6. The van der Waals surface area contributed by atoms with Gasteiger partial charge in [-0.25, -0.2) is 13.1 Å². The van der Waals surface area contributed by atoms with Crippen LogP contribution in [0.4, 0.5) is 0 Å². The maximum atomic E-state index is 12.5. The molecule has 120 valence electrons. The van der Waals surface area contributed by atoms with Gasteiger partial charge in [-0.1, -0.05) is 12.8 Å². The standard InChI is InChI=1S/C13H19BrN2O3S.ClH/c1-19-12-8-10(4-5-11(12)14)20(17,18)16-13(9-15)6-2-3-7-13;/h4-5,8,16H,2-3,6-7,9,15H2,1H3;1H. The van der Waals surface area contributed by atoms with E-state index in [1.165, 1.54) is 13.2 Å². The third-order valence-corrected chi connectivity index (χ3v) is 5.97. The van der Waals surface area contributed by atoms with E-state index in [2.05, 4.69) is 20.7 Å². The van der Waals surface area contributed by atoms with Crippen LogP contribution in [0.3, 0.4) is 0 Å². The first-order valence-electron chi connectivity index (χ1n) is 6.50. The molecule has 21 heavy (non-hydrogen) atoms. The third-order valence-electron chi connectivity index (χ3n) is 3.74. The van der Waals surface area contributed by atoms with Crippen molar-refractivity contribution >= 4 is 38.4 Å². The Hall–Kier alpha value is -0.340. The van der Waals surface area contributed by atoms with Gasteiger partial charge < -0.3 is 10.5 Å². The van der Waals surface area contributed by atoms with E-state index in [0.29, 0.717) is 16.8 Å². The second-order valence-electron chi connectivity index (χ2n) is 5.09. The van der Waals surface area contributed by atoms with Crippen molar-refractivity contribution in [3.63, 3.8) is 0 Å². The predicted molar refractivity (Wildman–Crippen MR) is 88.5 cm³/mol. The van der Waals surface area contributed by atoms with Crippen molar-refractivity contribution in [1.82, 2.24) is 4.72 Å². The molecule has 1 fully saturated rings. The van der Waals surface area contributed by atoms with Crippen LogP contribution in [-0.4, -0.2) is 27.6 Å². The molecule has 0 saturated heterocycles. The van der Waals surface area contributed by atoms with Gasteiger partial charge in [-0.05, 0) is 40.9 Å². The molecule has 1 saturated carbocycles. The maximum Gasteiger partial charge on any atom is 0.241 e. The molecular weight excluding hydrogens is 380 g/mol. The number of ether oxygens (including phenoxy) is 1. The summed E-state index contributed by atoms with van der Waals surface area (Å²) in [5.74, 6) is 0.487. The lowest BCUT2D eigenvalue weighted by atomic mass is 10.0. The van der Waals surface area contributed by atoms with Gasteiger partial charge in [-0.15, -0.1) is 12.4 Å². The number of hydrogen-bond acceptors (Lipinski definition) is 4. The van der Waals surface area contributed by atoms with Crippen LogP contribution in [0.1, 0.15) is 25.7 Å². The average Bonchev–Trinajstić information content (AvgIpc) is 2.87. The highest BCUT2D eigenvalue weighted by Crippen LogP contribution is 2.32. The Morgan fingerprint density at radius 1 is 1.38 bits per heavy atom. The molecule has 0 heterocycles. The highest BCUT2D eigenvalue weighted by atomic mass is 79.9. The van der Waals surface area contributed by atoms with E-state index in [0.717, 1.165) is 25.7 Å². The molecule has 0 aromatic heterocycles. The summed E-state index contributed by atoms with van der Waals surface area (Å²) in [6.45, 7) is 0.319. The van der Waals surface area contributed by atoms with E-state index in [4.69, 9.17) is 10.5 Å². The van der Waals surface area contributed by atoms with Crippen LogP contribution in [0, 0.1) is 0 Å². The van der Waals surface area contributed by atoms with Crippen LogP contribution in [0.15, 0.2) is 27.6 Å². The zero-order chi connectivity index (χ0) is 14.8. The highest BCUT2D eigenvalue weighted by molar-refractivity contribution is 9.10. The van der Waals surface area contributed by atoms with Gasteiger partial charge in [0.1, 0.15) is 5.75 Å². The Morgan fingerprint density at radius 3 is 2.52 bits per heavy atom. The summed E-state index contributed by atoms with van der Waals surface area (Å²) in [6, 6.07) is 4.72. The molecule has 0 aliphatic heterocycles. The number of benzene rings is 1. The molecule has 0 amide bonds. The first-order valence-corrected chi connectivity index (χ1v) is 8.78. The lowest BCUT2D eigenvalue weighted by Gasteiger charge is -2.28. The molecule has 2 rings (SSSR count). The van der Waals surface area contributed by atoms with Gasteiger partial charge in [0, 0.05) is 18.2 Å². The fraction of sp³-hybridized carbons (Fsp3) is 0.538. The number of halogens is 2. The van der Waals surface area contributed by atoms with Crippen molar-refractivity contribution in [2.45, 2.75) is 36.1 Å². The molecule has 3 N–H and O–H groups in total. The van der Waals surface area contributed by atoms with Crippen LogP contribution in [0.5, 0.6) is 5.75 Å². The summed E-state index contributed by atoms with van der Waals surface area (Å²) in [7, 11) is -2.09. The fourth-order valence-electron chi connectivity index (χ4n) is 2.55. The zero-order valence-corrected chi connectivity index (χ0v) is 15.0. The Bertz CT molecular complexity index is 589. The van der Waals surface area contributed by atoms with Crippen LogP contribution in [0.2, 0.25) is 0 Å². The molecule has 0 radical (unpaired) electrons. The van der Waals surface area contributed by atoms with Gasteiger partial charge in [0.25, 0.3) is 0 Å². The molecule has 1 aromatic carbocycles. The quantitative estimate of drug-likeness (QED) is 0.797. The highest BCUT2D eigenvalue weighted by Gasteiger charge is 2.36. The van der Waals surface area contributed by atoms with Crippen LogP contribution < -0.4 is 15.2 Å². The summed E-state index contributed by atoms with van der Waals surface area (Å²) >= 11 is 3.31. The molecule has 1 aliphatic carbocycles. The number of methoxy groups -OCH3 is 1. The van der Waals surface area contributed by atoms with Crippen molar-refractivity contribution in [2.24, 2.45) is 5.73 Å². The first-order chi connectivity index (χ1) is 9.42. The van der Waals surface area contributed by atoms with Crippen molar-refractivity contribution in [2.75, 3.05) is 13.7 Å². The molecular formula is C13H20BrClN2O3S. The SMILES string of the molecule is COc1cc(S(=O)(=O)NC2(CN)CCCC2)ccc1Br.Cl. The molecule has 1 aromatic rings. The summed E-state index contributed by atoms with van der Waals surface area (Å²) in [6.07, 6.45) is 3.58. The maximum absolute atomic E-state index is 12.5. The molecule has 5 nitrogen and oxygen atoms in total. The molecule has 1 aliphatic rings. The van der Waals surface area contributed by atoms with Gasteiger partial charge in [-0.2, -0.15) is 0 Å². The average molecular weight is 400 g/mol. The van der Waals surface area contributed by atoms with E-state index < -0.39 is 15.6 Å². The largest absolute Gasteiger partial charge is 0.496 e. The smallest absolute Gasteiger partial charge is 0.241 e. The van der Waals surface area contributed by atoms with Gasteiger partial charge in [0.05, 0.1) is 16.5 Å². The van der Waals surface area contributed by atoms with Gasteiger partial charge in [-0.3, -0.25) is 0 Å². The minimum Gasteiger partial charge on any atom is -0.496 e. The van der Waals surface area contributed by atoms with Crippen LogP contribution in [0.25, 0.3) is 0 Å². The summed E-state index contributed by atoms with van der Waals surface area (Å²) in [5, 5.41) is 0. The summed E-state index contributed by atoms with van der Waals surface area (Å²) in [5.41, 5.74) is 5.27. The van der Waals surface area contributed by atoms with Crippen LogP contribution >= 0.6 is 28.3 Å². The minimum atomic E-state index is -3.59. The number of hydrogen-bond donors (Lipinski definition) is 2. The first kappa shape index (κ1) is 18.7. The number of sulfonamides is 1. The monoisotopic (exact) mass is 398 g/mol. The Kier molecular flexibility index (Phi) is 6.49.